The first-order chi connectivity index (χ1) is 7.70. The average Bonchev–Trinajstić information content (AvgIpc) is 2.62. The van der Waals surface area contributed by atoms with E-state index < -0.39 is 5.97 Å². The van der Waals surface area contributed by atoms with Crippen LogP contribution in [0.1, 0.15) is 20.8 Å². The predicted molar refractivity (Wildman–Crippen MR) is 59.6 cm³/mol. The Labute approximate surface area is 92.4 Å². The minimum Gasteiger partial charge on any atom is -0.464 e. The molecule has 0 fully saturated rings. The number of carbonyl (C=O) groups is 2. The number of aryl methyl sites for hydroxylation is 1. The van der Waals surface area contributed by atoms with E-state index in [0.717, 1.165) is 10.9 Å². The van der Waals surface area contributed by atoms with E-state index in [-0.39, 0.29) is 0 Å². The molecule has 2 rings (SSSR count). The van der Waals surface area contributed by atoms with Crippen LogP contribution in [0.3, 0.4) is 0 Å². The number of carbonyl (C=O) groups excluding carboxylic acids is 2. The molecule has 0 amide bonds. The topological polar surface area (TPSA) is 48.3 Å². The van der Waals surface area contributed by atoms with Gasteiger partial charge in [0.25, 0.3) is 0 Å². The molecule has 0 aliphatic rings. The summed E-state index contributed by atoms with van der Waals surface area (Å²) in [5, 5.41) is 0.764. The van der Waals surface area contributed by atoms with Crippen molar-refractivity contribution in [2.75, 3.05) is 7.11 Å². The van der Waals surface area contributed by atoms with Gasteiger partial charge >= 0.3 is 5.97 Å². The zero-order valence-electron chi connectivity index (χ0n) is 9.06. The Morgan fingerprint density at radius 3 is 2.69 bits per heavy atom. The summed E-state index contributed by atoms with van der Waals surface area (Å²) in [6.45, 7) is 0. The van der Waals surface area contributed by atoms with Crippen molar-refractivity contribution in [2.45, 2.75) is 0 Å². The van der Waals surface area contributed by atoms with Crippen molar-refractivity contribution < 1.29 is 14.3 Å². The maximum Gasteiger partial charge on any atom is 0.355 e. The molecule has 1 aromatic heterocycles. The number of benzene rings is 1. The third kappa shape index (κ3) is 1.31. The first-order valence-corrected chi connectivity index (χ1v) is 4.81. The largest absolute Gasteiger partial charge is 0.464 e. The highest BCUT2D eigenvalue weighted by molar-refractivity contribution is 6.08. The number of methoxy groups -OCH3 is 1. The van der Waals surface area contributed by atoms with Gasteiger partial charge in [0, 0.05) is 18.0 Å². The van der Waals surface area contributed by atoms with Gasteiger partial charge in [-0.2, -0.15) is 0 Å². The fourth-order valence-electron chi connectivity index (χ4n) is 1.89. The van der Waals surface area contributed by atoms with Crippen LogP contribution in [0.4, 0.5) is 0 Å². The summed E-state index contributed by atoms with van der Waals surface area (Å²) in [5.74, 6) is -0.499. The highest BCUT2D eigenvalue weighted by atomic mass is 16.5. The van der Waals surface area contributed by atoms with Crippen molar-refractivity contribution in [3.05, 3.63) is 35.5 Å². The molecule has 4 heteroatoms. The van der Waals surface area contributed by atoms with Crippen LogP contribution in [0.2, 0.25) is 0 Å². The molecule has 0 unspecified atom stereocenters. The van der Waals surface area contributed by atoms with Crippen molar-refractivity contribution in [2.24, 2.45) is 7.05 Å². The predicted octanol–water partition coefficient (Wildman–Crippen LogP) is 1.78. The fourth-order valence-corrected chi connectivity index (χ4v) is 1.89. The second kappa shape index (κ2) is 3.81. The number of hydrogen-bond donors (Lipinski definition) is 0. The molecule has 0 aliphatic heterocycles. The van der Waals surface area contributed by atoms with Gasteiger partial charge in [0.15, 0.2) is 6.29 Å². The smallest absolute Gasteiger partial charge is 0.355 e. The first-order valence-electron chi connectivity index (χ1n) is 4.81. The number of aromatic nitrogens is 1. The zero-order valence-corrected chi connectivity index (χ0v) is 9.06. The highest BCUT2D eigenvalue weighted by Gasteiger charge is 2.20. The third-order valence-electron chi connectivity index (χ3n) is 2.64. The summed E-state index contributed by atoms with van der Waals surface area (Å²) in [6.07, 6.45) is 0.689. The maximum atomic E-state index is 11.6. The van der Waals surface area contributed by atoms with E-state index in [1.807, 2.05) is 24.3 Å². The summed E-state index contributed by atoms with van der Waals surface area (Å²) in [5.41, 5.74) is 1.51. The Kier molecular flexibility index (Phi) is 2.48. The molecular formula is C12H11NO3. The van der Waals surface area contributed by atoms with Crippen molar-refractivity contribution in [3.63, 3.8) is 0 Å². The molecule has 1 heterocycles. The zero-order chi connectivity index (χ0) is 11.7. The maximum absolute atomic E-state index is 11.6. The summed E-state index contributed by atoms with van der Waals surface area (Å²) in [4.78, 5) is 22.6. The third-order valence-corrected chi connectivity index (χ3v) is 2.64. The van der Waals surface area contributed by atoms with E-state index in [2.05, 4.69) is 4.74 Å². The summed E-state index contributed by atoms with van der Waals surface area (Å²) in [6, 6.07) is 7.36. The van der Waals surface area contributed by atoms with Crippen molar-refractivity contribution in [1.29, 1.82) is 0 Å². The lowest BCUT2D eigenvalue weighted by Gasteiger charge is -2.01. The Morgan fingerprint density at radius 1 is 1.38 bits per heavy atom. The number of esters is 1. The monoisotopic (exact) mass is 217 g/mol. The lowest BCUT2D eigenvalue weighted by molar-refractivity contribution is 0.0588. The van der Waals surface area contributed by atoms with Gasteiger partial charge < -0.3 is 9.30 Å². The van der Waals surface area contributed by atoms with Crippen molar-refractivity contribution in [1.82, 2.24) is 4.57 Å². The summed E-state index contributed by atoms with van der Waals surface area (Å²) < 4.78 is 6.34. The molecule has 0 saturated heterocycles. The number of nitrogens with zero attached hydrogens (tertiary/aromatic N) is 1. The van der Waals surface area contributed by atoms with Crippen LogP contribution in [0.15, 0.2) is 24.3 Å². The van der Waals surface area contributed by atoms with Gasteiger partial charge in [-0.05, 0) is 6.07 Å². The number of fused-ring (bicyclic) bond motifs is 1. The minimum atomic E-state index is -0.499. The van der Waals surface area contributed by atoms with Crippen LogP contribution in [0.25, 0.3) is 10.9 Å². The molecule has 4 nitrogen and oxygen atoms in total. The first kappa shape index (κ1) is 10.4. The van der Waals surface area contributed by atoms with Crippen molar-refractivity contribution in [3.8, 4) is 0 Å². The lowest BCUT2D eigenvalue weighted by atomic mass is 10.1. The van der Waals surface area contributed by atoms with Crippen LogP contribution in [0, 0.1) is 0 Å². The Hall–Kier alpha value is -2.10. The van der Waals surface area contributed by atoms with Gasteiger partial charge in [-0.3, -0.25) is 4.79 Å². The van der Waals surface area contributed by atoms with Crippen LogP contribution < -0.4 is 0 Å². The number of rotatable bonds is 2. The molecule has 0 aliphatic carbocycles. The standard InChI is InChI=1S/C12H11NO3/c1-13-10-6-4-3-5-8(10)9(7-14)11(13)12(15)16-2/h3-7H,1-2H3. The van der Waals surface area contributed by atoms with Gasteiger partial charge in [0.2, 0.25) is 0 Å². The van der Waals surface area contributed by atoms with E-state index in [1.165, 1.54) is 7.11 Å². The fraction of sp³-hybridized carbons (Fsp3) is 0.167. The lowest BCUT2D eigenvalue weighted by Crippen LogP contribution is -2.09. The number of para-hydroxylation sites is 1. The molecular weight excluding hydrogens is 206 g/mol. The Bertz CT molecular complexity index is 569. The Morgan fingerprint density at radius 2 is 2.06 bits per heavy atom. The normalized spacial score (nSPS) is 10.4. The number of hydrogen-bond acceptors (Lipinski definition) is 3. The van der Waals surface area contributed by atoms with Crippen LogP contribution in [-0.2, 0) is 11.8 Å². The minimum absolute atomic E-state index is 0.290. The van der Waals surface area contributed by atoms with E-state index in [1.54, 1.807) is 11.6 Å². The van der Waals surface area contributed by atoms with Gasteiger partial charge in [0.05, 0.1) is 12.7 Å². The molecule has 0 saturated carbocycles. The van der Waals surface area contributed by atoms with Gasteiger partial charge in [-0.25, -0.2) is 4.79 Å². The van der Waals surface area contributed by atoms with Gasteiger partial charge in [-0.15, -0.1) is 0 Å². The molecule has 1 aromatic carbocycles. The number of ether oxygens (including phenoxy) is 1. The van der Waals surface area contributed by atoms with Crippen molar-refractivity contribution >= 4 is 23.2 Å². The van der Waals surface area contributed by atoms with Gasteiger partial charge in [-0.1, -0.05) is 18.2 Å². The molecule has 0 atom stereocenters. The van der Waals surface area contributed by atoms with E-state index in [4.69, 9.17) is 0 Å². The molecule has 0 radical (unpaired) electrons. The number of aldehydes is 1. The van der Waals surface area contributed by atoms with E-state index in [0.29, 0.717) is 17.5 Å². The molecule has 16 heavy (non-hydrogen) atoms. The van der Waals surface area contributed by atoms with Gasteiger partial charge in [0.1, 0.15) is 5.69 Å². The highest BCUT2D eigenvalue weighted by Crippen LogP contribution is 2.24. The average molecular weight is 217 g/mol. The molecule has 0 spiro atoms. The van der Waals surface area contributed by atoms with Crippen LogP contribution >= 0.6 is 0 Å². The second-order valence-corrected chi connectivity index (χ2v) is 3.45. The summed E-state index contributed by atoms with van der Waals surface area (Å²) >= 11 is 0. The molecule has 0 bridgehead atoms. The van der Waals surface area contributed by atoms with E-state index >= 15 is 0 Å². The summed E-state index contributed by atoms with van der Waals surface area (Å²) in [7, 11) is 3.04. The van der Waals surface area contributed by atoms with Crippen LogP contribution in [-0.4, -0.2) is 23.9 Å². The molecule has 82 valence electrons. The molecule has 2 aromatic rings. The molecule has 0 N–H and O–H groups in total. The van der Waals surface area contributed by atoms with Crippen LogP contribution in [0.5, 0.6) is 0 Å². The SMILES string of the molecule is COC(=O)c1c(C=O)c2ccccc2n1C. The second-order valence-electron chi connectivity index (χ2n) is 3.45. The quantitative estimate of drug-likeness (QED) is 0.569. The van der Waals surface area contributed by atoms with E-state index in [9.17, 15) is 9.59 Å². The Balaban J connectivity index is 2.87.